The zero-order valence-corrected chi connectivity index (χ0v) is 13.1. The van der Waals surface area contributed by atoms with E-state index in [-0.39, 0.29) is 23.8 Å². The lowest BCUT2D eigenvalue weighted by Crippen LogP contribution is -2.41. The number of fused-ring (bicyclic) bond motifs is 1. The molecule has 1 amide bonds. The third-order valence-corrected chi connectivity index (χ3v) is 4.66. The largest absolute Gasteiger partial charge is 0.395 e. The molecule has 0 aliphatic carbocycles. The minimum Gasteiger partial charge on any atom is -0.395 e. The summed E-state index contributed by atoms with van der Waals surface area (Å²) in [5.41, 5.74) is 1.79. The number of para-hydroxylation sites is 1. The van der Waals surface area contributed by atoms with Gasteiger partial charge in [-0.2, -0.15) is 11.8 Å². The van der Waals surface area contributed by atoms with E-state index in [0.717, 1.165) is 16.5 Å². The van der Waals surface area contributed by atoms with Crippen LogP contribution in [-0.4, -0.2) is 40.2 Å². The first-order valence-corrected chi connectivity index (χ1v) is 8.20. The molecule has 1 aromatic carbocycles. The molecule has 0 aliphatic rings. The molecule has 0 unspecified atom stereocenters. The molecule has 0 aliphatic heterocycles. The summed E-state index contributed by atoms with van der Waals surface area (Å²) >= 11 is 1.55. The highest BCUT2D eigenvalue weighted by Gasteiger charge is 2.18. The van der Waals surface area contributed by atoms with E-state index in [4.69, 9.17) is 0 Å². The number of hydrogen-bond acceptors (Lipinski definition) is 4. The van der Waals surface area contributed by atoms with E-state index in [1.807, 2.05) is 43.5 Å². The van der Waals surface area contributed by atoms with Crippen molar-refractivity contribution in [3.8, 4) is 0 Å². The molecule has 1 heterocycles. The van der Waals surface area contributed by atoms with Gasteiger partial charge in [0.2, 0.25) is 5.91 Å². The number of carbonyl (C=O) groups is 1. The third-order valence-electron chi connectivity index (χ3n) is 3.50. The Bertz CT molecular complexity index is 609. The summed E-state index contributed by atoms with van der Waals surface area (Å²) in [5, 5.41) is 13.3. The third kappa shape index (κ3) is 3.95. The van der Waals surface area contributed by atoms with Crippen LogP contribution in [0.4, 0.5) is 0 Å². The smallest absolute Gasteiger partial charge is 0.224 e. The van der Waals surface area contributed by atoms with Crippen LogP contribution < -0.4 is 5.32 Å². The van der Waals surface area contributed by atoms with Gasteiger partial charge >= 0.3 is 0 Å². The summed E-state index contributed by atoms with van der Waals surface area (Å²) in [6, 6.07) is 9.66. The van der Waals surface area contributed by atoms with Gasteiger partial charge in [0.25, 0.3) is 0 Å². The van der Waals surface area contributed by atoms with Gasteiger partial charge in [0.05, 0.1) is 18.5 Å². The fraction of sp³-hybridized carbons (Fsp3) is 0.375. The monoisotopic (exact) mass is 304 g/mol. The molecule has 2 aromatic rings. The molecule has 1 aromatic heterocycles. The molecule has 2 rings (SSSR count). The first-order chi connectivity index (χ1) is 10.2. The normalized spacial score (nSPS) is 13.9. The average Bonchev–Trinajstić information content (AvgIpc) is 2.48. The van der Waals surface area contributed by atoms with Crippen molar-refractivity contribution in [3.05, 3.63) is 42.1 Å². The molecule has 2 N–H and O–H groups in total. The summed E-state index contributed by atoms with van der Waals surface area (Å²) in [7, 11) is 0. The SMILES string of the molecule is CS[C@H](CO)[C@@H](C)NC(=O)Cc1cccc2cccnc12. The Hall–Kier alpha value is -1.59. The predicted octanol–water partition coefficient (Wildman–Crippen LogP) is 2.01. The van der Waals surface area contributed by atoms with Crippen LogP contribution in [0, 0.1) is 0 Å². The van der Waals surface area contributed by atoms with Gasteiger partial charge in [-0.15, -0.1) is 0 Å². The highest BCUT2D eigenvalue weighted by Crippen LogP contribution is 2.17. The van der Waals surface area contributed by atoms with E-state index >= 15 is 0 Å². The number of aliphatic hydroxyl groups is 1. The standard InChI is InChI=1S/C16H20N2O2S/c1-11(14(10-19)21-2)18-15(20)9-13-6-3-5-12-7-4-8-17-16(12)13/h3-8,11,14,19H,9-10H2,1-2H3,(H,18,20)/t11-,14-/m1/s1. The molecular formula is C16H20N2O2S. The first kappa shape index (κ1) is 15.8. The van der Waals surface area contributed by atoms with E-state index in [2.05, 4.69) is 10.3 Å². The lowest BCUT2D eigenvalue weighted by molar-refractivity contribution is -0.121. The summed E-state index contributed by atoms with van der Waals surface area (Å²) < 4.78 is 0. The molecule has 21 heavy (non-hydrogen) atoms. The fourth-order valence-corrected chi connectivity index (χ4v) is 2.94. The number of nitrogens with one attached hydrogen (secondary N) is 1. The molecule has 5 heteroatoms. The van der Waals surface area contributed by atoms with Crippen molar-refractivity contribution in [3.63, 3.8) is 0 Å². The van der Waals surface area contributed by atoms with E-state index in [1.54, 1.807) is 18.0 Å². The van der Waals surface area contributed by atoms with Crippen LogP contribution >= 0.6 is 11.8 Å². The molecule has 4 nitrogen and oxygen atoms in total. The first-order valence-electron chi connectivity index (χ1n) is 6.91. The molecule has 2 atom stereocenters. The maximum absolute atomic E-state index is 12.2. The van der Waals surface area contributed by atoms with Crippen LogP contribution in [0.3, 0.4) is 0 Å². The summed E-state index contributed by atoms with van der Waals surface area (Å²) in [5.74, 6) is -0.0480. The highest BCUT2D eigenvalue weighted by atomic mass is 32.2. The van der Waals surface area contributed by atoms with Gasteiger partial charge in [0.1, 0.15) is 0 Å². The number of aromatic nitrogens is 1. The maximum Gasteiger partial charge on any atom is 0.224 e. The van der Waals surface area contributed by atoms with Gasteiger partial charge in [-0.3, -0.25) is 9.78 Å². The number of aliphatic hydroxyl groups excluding tert-OH is 1. The molecule has 0 saturated heterocycles. The lowest BCUT2D eigenvalue weighted by Gasteiger charge is -2.21. The average molecular weight is 304 g/mol. The highest BCUT2D eigenvalue weighted by molar-refractivity contribution is 7.99. The van der Waals surface area contributed by atoms with Crippen molar-refractivity contribution in [2.45, 2.75) is 24.6 Å². The zero-order valence-electron chi connectivity index (χ0n) is 12.2. The van der Waals surface area contributed by atoms with Gasteiger partial charge in [-0.25, -0.2) is 0 Å². The molecule has 0 fully saturated rings. The Morgan fingerprint density at radius 1 is 1.38 bits per heavy atom. The van der Waals surface area contributed by atoms with Crippen LogP contribution in [0.2, 0.25) is 0 Å². The van der Waals surface area contributed by atoms with Crippen molar-refractivity contribution < 1.29 is 9.90 Å². The van der Waals surface area contributed by atoms with Gasteiger partial charge in [-0.05, 0) is 24.8 Å². The topological polar surface area (TPSA) is 62.2 Å². The van der Waals surface area contributed by atoms with Gasteiger partial charge in [0, 0.05) is 22.9 Å². The molecule has 0 spiro atoms. The molecule has 112 valence electrons. The number of nitrogens with zero attached hydrogens (tertiary/aromatic N) is 1. The van der Waals surface area contributed by atoms with E-state index < -0.39 is 0 Å². The Balaban J connectivity index is 2.08. The number of hydrogen-bond donors (Lipinski definition) is 2. The van der Waals surface area contributed by atoms with Crippen molar-refractivity contribution in [1.82, 2.24) is 10.3 Å². The number of benzene rings is 1. The van der Waals surface area contributed by atoms with Crippen LogP contribution in [0.1, 0.15) is 12.5 Å². The second-order valence-electron chi connectivity index (χ2n) is 4.98. The Labute approximate surface area is 129 Å². The zero-order chi connectivity index (χ0) is 15.2. The molecule has 0 saturated carbocycles. The van der Waals surface area contributed by atoms with Gasteiger partial charge in [-0.1, -0.05) is 24.3 Å². The van der Waals surface area contributed by atoms with E-state index in [0.29, 0.717) is 6.42 Å². The lowest BCUT2D eigenvalue weighted by atomic mass is 10.1. The predicted molar refractivity (Wildman–Crippen MR) is 87.4 cm³/mol. The Morgan fingerprint density at radius 3 is 2.86 bits per heavy atom. The number of pyridine rings is 1. The maximum atomic E-state index is 12.2. The van der Waals surface area contributed by atoms with Crippen LogP contribution in [0.15, 0.2) is 36.5 Å². The summed E-state index contributed by atoms with van der Waals surface area (Å²) in [6.45, 7) is 1.97. The van der Waals surface area contributed by atoms with Gasteiger partial charge in [0.15, 0.2) is 0 Å². The van der Waals surface area contributed by atoms with Crippen LogP contribution in [-0.2, 0) is 11.2 Å². The van der Waals surface area contributed by atoms with E-state index in [1.165, 1.54) is 0 Å². The second kappa shape index (κ2) is 7.43. The minimum absolute atomic E-state index is 0.0135. The molecule has 0 radical (unpaired) electrons. The van der Waals surface area contributed by atoms with E-state index in [9.17, 15) is 9.90 Å². The van der Waals surface area contributed by atoms with Crippen molar-refractivity contribution in [1.29, 1.82) is 0 Å². The Kier molecular flexibility index (Phi) is 5.59. The number of amides is 1. The van der Waals surface area contributed by atoms with Gasteiger partial charge < -0.3 is 10.4 Å². The van der Waals surface area contributed by atoms with Crippen molar-refractivity contribution >= 4 is 28.6 Å². The molecular weight excluding hydrogens is 284 g/mol. The fourth-order valence-electron chi connectivity index (χ4n) is 2.32. The van der Waals surface area contributed by atoms with Crippen LogP contribution in [0.5, 0.6) is 0 Å². The summed E-state index contributed by atoms with van der Waals surface area (Å²) in [4.78, 5) is 16.5. The Morgan fingerprint density at radius 2 is 2.14 bits per heavy atom. The van der Waals surface area contributed by atoms with Crippen LogP contribution in [0.25, 0.3) is 10.9 Å². The second-order valence-corrected chi connectivity index (χ2v) is 6.06. The minimum atomic E-state index is -0.0690. The summed E-state index contributed by atoms with van der Waals surface area (Å²) in [6.07, 6.45) is 3.96. The number of rotatable bonds is 6. The number of thioether (sulfide) groups is 1. The van der Waals surface area contributed by atoms with Crippen molar-refractivity contribution in [2.75, 3.05) is 12.9 Å². The quantitative estimate of drug-likeness (QED) is 0.857. The molecule has 0 bridgehead atoms. The number of carbonyl (C=O) groups excluding carboxylic acids is 1. The van der Waals surface area contributed by atoms with Crippen molar-refractivity contribution in [2.24, 2.45) is 0 Å².